The molecule has 4 saturated carbocycles. The van der Waals surface area contributed by atoms with Gasteiger partial charge in [0, 0.05) is 43.6 Å². The van der Waals surface area contributed by atoms with E-state index in [1.807, 2.05) is 0 Å². The van der Waals surface area contributed by atoms with Crippen LogP contribution in [-0.2, 0) is 0 Å². The number of anilines is 3. The van der Waals surface area contributed by atoms with Gasteiger partial charge in [0.1, 0.15) is 0 Å². The predicted molar refractivity (Wildman–Crippen MR) is 167 cm³/mol. The van der Waals surface area contributed by atoms with Gasteiger partial charge in [0.25, 0.3) is 0 Å². The summed E-state index contributed by atoms with van der Waals surface area (Å²) >= 11 is 11.0. The zero-order valence-electron chi connectivity index (χ0n) is 21.2. The third kappa shape index (κ3) is 5.84. The van der Waals surface area contributed by atoms with Crippen LogP contribution in [0.5, 0.6) is 0 Å². The summed E-state index contributed by atoms with van der Waals surface area (Å²) in [7, 11) is 0. The van der Waals surface area contributed by atoms with Crippen LogP contribution in [0, 0.1) is 22.7 Å². The summed E-state index contributed by atoms with van der Waals surface area (Å²) in [6, 6.07) is 26.2. The fourth-order valence-electron chi connectivity index (χ4n) is 8.35. The molecule has 0 saturated heterocycles. The number of halogens is 3. The summed E-state index contributed by atoms with van der Waals surface area (Å²) in [5.41, 5.74) is 4.79. The van der Waals surface area contributed by atoms with E-state index in [1.54, 1.807) is 0 Å². The van der Waals surface area contributed by atoms with Crippen molar-refractivity contribution in [1.82, 2.24) is 0 Å². The van der Waals surface area contributed by atoms with Gasteiger partial charge in [-0.1, -0.05) is 66.0 Å². The number of benzene rings is 3. The minimum absolute atomic E-state index is 0.496. The summed E-state index contributed by atoms with van der Waals surface area (Å²) in [5.74, 6) is 1.86. The lowest BCUT2D eigenvalue weighted by molar-refractivity contribution is -0.114. The van der Waals surface area contributed by atoms with Gasteiger partial charge in [0.2, 0.25) is 0 Å². The Labute approximate surface area is 247 Å². The molecule has 0 amide bonds. The molecule has 4 aliphatic rings. The first-order chi connectivity index (χ1) is 17.9. The summed E-state index contributed by atoms with van der Waals surface area (Å²) in [5, 5.41) is 3.73. The topological polar surface area (TPSA) is 15.3 Å². The largest absolute Gasteiger partial charge is 0.385 e. The lowest BCUT2D eigenvalue weighted by atomic mass is 9.43. The third-order valence-corrected chi connectivity index (χ3v) is 10.7. The molecule has 2 atom stereocenters. The highest BCUT2D eigenvalue weighted by molar-refractivity contribution is 9.11. The van der Waals surface area contributed by atoms with E-state index in [4.69, 9.17) is 0 Å². The maximum absolute atomic E-state index is 3.73. The molecule has 4 fully saturated rings. The molecule has 4 bridgehead atoms. The first kappa shape index (κ1) is 26.0. The van der Waals surface area contributed by atoms with Gasteiger partial charge in [0.05, 0.1) is 0 Å². The van der Waals surface area contributed by atoms with Gasteiger partial charge in [-0.15, -0.1) is 0 Å². The summed E-state index contributed by atoms with van der Waals surface area (Å²) in [6.45, 7) is 2.15. The van der Waals surface area contributed by atoms with Crippen molar-refractivity contribution in [2.45, 2.75) is 51.4 Å². The fourth-order valence-corrected chi connectivity index (χ4v) is 9.52. The second kappa shape index (κ2) is 10.7. The second-order valence-electron chi connectivity index (χ2n) is 12.0. The first-order valence-electron chi connectivity index (χ1n) is 13.7. The lowest BCUT2D eigenvalue weighted by Gasteiger charge is -2.63. The Hall–Kier alpha value is -1.30. The van der Waals surface area contributed by atoms with Crippen LogP contribution in [0.25, 0.3) is 0 Å². The quantitative estimate of drug-likeness (QED) is 0.241. The van der Waals surface area contributed by atoms with Crippen LogP contribution in [0.3, 0.4) is 0 Å². The predicted octanol–water partition coefficient (Wildman–Crippen LogP) is 10.6. The molecule has 0 heterocycles. The number of rotatable bonds is 9. The van der Waals surface area contributed by atoms with Gasteiger partial charge in [-0.05, 0) is 129 Å². The van der Waals surface area contributed by atoms with Gasteiger partial charge >= 0.3 is 0 Å². The molecular formula is C32H35Br3N2. The van der Waals surface area contributed by atoms with Gasteiger partial charge in [0.15, 0.2) is 0 Å². The normalized spacial score (nSPS) is 27.9. The van der Waals surface area contributed by atoms with E-state index in [9.17, 15) is 0 Å². The molecule has 3 aromatic carbocycles. The molecule has 0 radical (unpaired) electrons. The fraction of sp³-hybridized carbons (Fsp3) is 0.438. The standard InChI is InChI=1S/C32H35Br3N2/c33-25-4-1-7-28(15-25)36-12-10-31-18-23-14-24(19-31)21-32(20-23,22-31)11-13-37(29-8-2-5-26(34)16-29)30-9-3-6-27(35)17-30/h1-9,15-17,23-24,36H,10-14,18-22H2. The van der Waals surface area contributed by atoms with Crippen LogP contribution in [0.15, 0.2) is 86.2 Å². The van der Waals surface area contributed by atoms with Crippen LogP contribution >= 0.6 is 47.8 Å². The van der Waals surface area contributed by atoms with Crippen LogP contribution in [0.2, 0.25) is 0 Å². The number of hydrogen-bond donors (Lipinski definition) is 1. The average molecular weight is 687 g/mol. The zero-order chi connectivity index (χ0) is 25.5. The van der Waals surface area contributed by atoms with Crippen LogP contribution in [0.4, 0.5) is 17.1 Å². The smallest absolute Gasteiger partial charge is 0.0422 e. The Morgan fingerprint density at radius 3 is 1.81 bits per heavy atom. The number of nitrogens with one attached hydrogen (secondary N) is 1. The summed E-state index contributed by atoms with van der Waals surface area (Å²) in [4.78, 5) is 2.54. The molecule has 37 heavy (non-hydrogen) atoms. The molecule has 2 unspecified atom stereocenters. The molecule has 3 aromatic rings. The van der Waals surface area contributed by atoms with Crippen molar-refractivity contribution in [1.29, 1.82) is 0 Å². The Kier molecular flexibility index (Phi) is 7.50. The van der Waals surface area contributed by atoms with E-state index in [1.165, 1.54) is 68.4 Å². The number of hydrogen-bond acceptors (Lipinski definition) is 2. The van der Waals surface area contributed by atoms with Crippen molar-refractivity contribution in [2.24, 2.45) is 22.7 Å². The van der Waals surface area contributed by atoms with E-state index in [-0.39, 0.29) is 0 Å². The molecular weight excluding hydrogens is 652 g/mol. The van der Waals surface area contributed by atoms with Crippen molar-refractivity contribution < 1.29 is 0 Å². The molecule has 0 spiro atoms. The Morgan fingerprint density at radius 1 is 0.703 bits per heavy atom. The zero-order valence-corrected chi connectivity index (χ0v) is 26.0. The minimum Gasteiger partial charge on any atom is -0.385 e. The average Bonchev–Trinajstić information content (AvgIpc) is 2.83. The molecule has 1 N–H and O–H groups in total. The highest BCUT2D eigenvalue weighted by atomic mass is 79.9. The van der Waals surface area contributed by atoms with Gasteiger partial charge < -0.3 is 10.2 Å². The van der Waals surface area contributed by atoms with Crippen LogP contribution in [0.1, 0.15) is 51.4 Å². The molecule has 194 valence electrons. The monoisotopic (exact) mass is 684 g/mol. The van der Waals surface area contributed by atoms with E-state index < -0.39 is 0 Å². The molecule has 2 nitrogen and oxygen atoms in total. The Balaban J connectivity index is 1.19. The summed E-state index contributed by atoms with van der Waals surface area (Å²) in [6.07, 6.45) is 11.2. The first-order valence-corrected chi connectivity index (χ1v) is 16.1. The molecule has 4 aliphatic carbocycles. The maximum Gasteiger partial charge on any atom is 0.0422 e. The van der Waals surface area contributed by atoms with Crippen LogP contribution in [-0.4, -0.2) is 13.1 Å². The van der Waals surface area contributed by atoms with Gasteiger partial charge in [-0.3, -0.25) is 0 Å². The highest BCUT2D eigenvalue weighted by Gasteiger charge is 2.56. The van der Waals surface area contributed by atoms with Crippen molar-refractivity contribution >= 4 is 64.9 Å². The lowest BCUT2D eigenvalue weighted by Crippen LogP contribution is -2.53. The Bertz CT molecular complexity index is 1200. The van der Waals surface area contributed by atoms with Crippen molar-refractivity contribution in [3.05, 3.63) is 86.2 Å². The van der Waals surface area contributed by atoms with E-state index in [0.717, 1.165) is 38.3 Å². The van der Waals surface area contributed by atoms with Crippen molar-refractivity contribution in [3.8, 4) is 0 Å². The molecule has 5 heteroatoms. The van der Waals surface area contributed by atoms with E-state index >= 15 is 0 Å². The Morgan fingerprint density at radius 2 is 1.24 bits per heavy atom. The second-order valence-corrected chi connectivity index (χ2v) is 14.8. The van der Waals surface area contributed by atoms with Crippen molar-refractivity contribution in [3.63, 3.8) is 0 Å². The van der Waals surface area contributed by atoms with Crippen molar-refractivity contribution in [2.75, 3.05) is 23.3 Å². The van der Waals surface area contributed by atoms with Crippen LogP contribution < -0.4 is 10.2 Å². The third-order valence-electron chi connectivity index (χ3n) is 9.22. The summed E-state index contributed by atoms with van der Waals surface area (Å²) < 4.78 is 3.42. The van der Waals surface area contributed by atoms with E-state index in [0.29, 0.717) is 10.8 Å². The highest BCUT2D eigenvalue weighted by Crippen LogP contribution is 2.67. The number of nitrogens with zero attached hydrogens (tertiary/aromatic N) is 1. The molecule has 0 aromatic heterocycles. The molecule has 7 rings (SSSR count). The van der Waals surface area contributed by atoms with Gasteiger partial charge in [-0.25, -0.2) is 0 Å². The maximum atomic E-state index is 3.73. The minimum atomic E-state index is 0.496. The molecule has 0 aliphatic heterocycles. The van der Waals surface area contributed by atoms with E-state index in [2.05, 4.69) is 131 Å². The SMILES string of the molecule is Brc1cccc(NCCC23CC4CC(C2)CC(CCN(c2cccc(Br)c2)c2cccc(Br)c2)(C4)C3)c1. The van der Waals surface area contributed by atoms with Gasteiger partial charge in [-0.2, -0.15) is 0 Å².